The summed E-state index contributed by atoms with van der Waals surface area (Å²) in [4.78, 5) is 5.80. The maximum Gasteiger partial charge on any atom is 0.0448 e. The Morgan fingerprint density at radius 1 is 0.889 bits per heavy atom. The molecule has 5 heterocycles. The van der Waals surface area contributed by atoms with Gasteiger partial charge in [0.25, 0.3) is 0 Å². The lowest BCUT2D eigenvalue weighted by atomic mass is 9.73. The summed E-state index contributed by atoms with van der Waals surface area (Å²) in [6.45, 7) is 3.48. The second-order valence-electron chi connectivity index (χ2n) is 7.76. The van der Waals surface area contributed by atoms with Crippen molar-refractivity contribution in [2.75, 3.05) is 13.1 Å². The highest BCUT2D eigenvalue weighted by atomic mass is 32.1. The minimum atomic E-state index is 0.487. The summed E-state index contributed by atoms with van der Waals surface area (Å²) in [5, 5.41) is 8.46. The molecule has 3 aromatic rings. The minimum absolute atomic E-state index is 0.487. The quantitative estimate of drug-likeness (QED) is 0.619. The summed E-state index contributed by atoms with van der Waals surface area (Å²) in [6, 6.07) is 21.1. The standard InChI is InChI=1S/C23H26N2S2/c1-2-6-17(7-3-1)16-24-22-18-10-12-25(13-11-18)23(22)21(19-8-4-14-26-19)20-9-5-15-27-20/h1-9,14-15,18,21-24H,10-13,16H2/t22-,23-/m1/s1. The lowest BCUT2D eigenvalue weighted by Crippen LogP contribution is -2.64. The summed E-state index contributed by atoms with van der Waals surface area (Å²) in [5.41, 5.74) is 1.39. The average Bonchev–Trinajstić information content (AvgIpc) is 3.44. The molecule has 2 bridgehead atoms. The number of hydrogen-bond donors (Lipinski definition) is 1. The molecule has 3 aliphatic rings. The Hall–Kier alpha value is -1.46. The van der Waals surface area contributed by atoms with Gasteiger partial charge in [0.05, 0.1) is 0 Å². The van der Waals surface area contributed by atoms with Crippen LogP contribution in [0.25, 0.3) is 0 Å². The Kier molecular flexibility index (Phi) is 5.14. The third-order valence-electron chi connectivity index (χ3n) is 6.30. The number of fused-ring (bicyclic) bond motifs is 3. The monoisotopic (exact) mass is 394 g/mol. The van der Waals surface area contributed by atoms with Crippen LogP contribution in [0.2, 0.25) is 0 Å². The van der Waals surface area contributed by atoms with Crippen molar-refractivity contribution < 1.29 is 0 Å². The number of nitrogens with one attached hydrogen (secondary N) is 1. The van der Waals surface area contributed by atoms with Crippen LogP contribution in [0.4, 0.5) is 0 Å². The van der Waals surface area contributed by atoms with Crippen LogP contribution in [0, 0.1) is 5.92 Å². The molecule has 140 valence electrons. The van der Waals surface area contributed by atoms with Crippen LogP contribution in [-0.4, -0.2) is 30.1 Å². The molecular formula is C23H26N2S2. The van der Waals surface area contributed by atoms with Crippen molar-refractivity contribution in [3.8, 4) is 0 Å². The molecule has 3 saturated heterocycles. The molecule has 27 heavy (non-hydrogen) atoms. The first kappa shape index (κ1) is 17.6. The van der Waals surface area contributed by atoms with Gasteiger partial charge >= 0.3 is 0 Å². The molecule has 0 aliphatic carbocycles. The van der Waals surface area contributed by atoms with E-state index in [0.29, 0.717) is 18.0 Å². The third kappa shape index (κ3) is 3.52. The van der Waals surface area contributed by atoms with Gasteiger partial charge in [0.2, 0.25) is 0 Å². The van der Waals surface area contributed by atoms with Gasteiger partial charge in [0, 0.05) is 34.3 Å². The lowest BCUT2D eigenvalue weighted by molar-refractivity contribution is 0.00558. The predicted molar refractivity (Wildman–Crippen MR) is 116 cm³/mol. The van der Waals surface area contributed by atoms with Crippen LogP contribution in [0.3, 0.4) is 0 Å². The maximum atomic E-state index is 3.99. The number of nitrogens with zero attached hydrogens (tertiary/aromatic N) is 1. The fraction of sp³-hybridized carbons (Fsp3) is 0.391. The van der Waals surface area contributed by atoms with Gasteiger partial charge in [-0.1, -0.05) is 42.5 Å². The van der Waals surface area contributed by atoms with E-state index in [1.54, 1.807) is 0 Å². The molecule has 3 fully saturated rings. The molecule has 0 unspecified atom stereocenters. The van der Waals surface area contributed by atoms with Gasteiger partial charge in [-0.3, -0.25) is 4.90 Å². The second-order valence-corrected chi connectivity index (χ2v) is 9.72. The van der Waals surface area contributed by atoms with Crippen LogP contribution in [0.1, 0.15) is 34.1 Å². The third-order valence-corrected chi connectivity index (χ3v) is 8.21. The Morgan fingerprint density at radius 3 is 2.15 bits per heavy atom. The van der Waals surface area contributed by atoms with E-state index in [-0.39, 0.29) is 0 Å². The molecule has 0 radical (unpaired) electrons. The van der Waals surface area contributed by atoms with Gasteiger partial charge in [0.1, 0.15) is 0 Å². The first-order chi connectivity index (χ1) is 13.4. The zero-order valence-corrected chi connectivity index (χ0v) is 17.1. The second kappa shape index (κ2) is 7.88. The van der Waals surface area contributed by atoms with E-state index in [1.807, 2.05) is 22.7 Å². The van der Waals surface area contributed by atoms with Gasteiger partial charge in [-0.05, 0) is 60.3 Å². The topological polar surface area (TPSA) is 15.3 Å². The fourth-order valence-electron chi connectivity index (χ4n) is 5.03. The maximum absolute atomic E-state index is 3.99. The summed E-state index contributed by atoms with van der Waals surface area (Å²) in [6.07, 6.45) is 2.68. The smallest absolute Gasteiger partial charge is 0.0448 e. The van der Waals surface area contributed by atoms with Gasteiger partial charge in [-0.2, -0.15) is 0 Å². The average molecular weight is 395 g/mol. The Bertz CT molecular complexity index is 786. The fourth-order valence-corrected chi connectivity index (χ4v) is 6.88. The molecule has 2 nitrogen and oxygen atoms in total. The summed E-state index contributed by atoms with van der Waals surface area (Å²) >= 11 is 3.84. The predicted octanol–water partition coefficient (Wildman–Crippen LogP) is 5.19. The lowest BCUT2D eigenvalue weighted by Gasteiger charge is -2.53. The highest BCUT2D eigenvalue weighted by Gasteiger charge is 2.46. The Labute approximate surface area is 169 Å². The van der Waals surface area contributed by atoms with Crippen molar-refractivity contribution in [3.63, 3.8) is 0 Å². The zero-order valence-electron chi connectivity index (χ0n) is 15.5. The molecule has 2 aromatic heterocycles. The van der Waals surface area contributed by atoms with Crippen molar-refractivity contribution in [1.82, 2.24) is 10.2 Å². The van der Waals surface area contributed by atoms with Crippen molar-refractivity contribution in [2.24, 2.45) is 5.92 Å². The minimum Gasteiger partial charge on any atom is -0.308 e. The van der Waals surface area contributed by atoms with Crippen molar-refractivity contribution in [2.45, 2.75) is 37.4 Å². The highest BCUT2D eigenvalue weighted by molar-refractivity contribution is 7.11. The summed E-state index contributed by atoms with van der Waals surface area (Å²) in [7, 11) is 0. The first-order valence-corrected chi connectivity index (χ1v) is 11.7. The molecule has 6 rings (SSSR count). The van der Waals surface area contributed by atoms with Crippen LogP contribution in [-0.2, 0) is 6.54 Å². The van der Waals surface area contributed by atoms with E-state index in [2.05, 4.69) is 75.6 Å². The SMILES string of the molecule is c1ccc(CN[C@@H]2C3CCN(CC3)[C@@H]2C(c2cccs2)c2cccs2)cc1. The van der Waals surface area contributed by atoms with Crippen molar-refractivity contribution in [1.29, 1.82) is 0 Å². The molecule has 2 atom stereocenters. The van der Waals surface area contributed by atoms with Gasteiger partial charge in [0.15, 0.2) is 0 Å². The Balaban J connectivity index is 1.47. The number of piperidine rings is 3. The molecule has 3 aliphatic heterocycles. The molecule has 1 aromatic carbocycles. The molecular weight excluding hydrogens is 368 g/mol. The van der Waals surface area contributed by atoms with Gasteiger partial charge in [-0.15, -0.1) is 22.7 Å². The van der Waals surface area contributed by atoms with Gasteiger partial charge in [-0.25, -0.2) is 0 Å². The molecule has 0 amide bonds. The van der Waals surface area contributed by atoms with E-state index < -0.39 is 0 Å². The summed E-state index contributed by atoms with van der Waals surface area (Å²) < 4.78 is 0. The number of thiophene rings is 2. The summed E-state index contributed by atoms with van der Waals surface area (Å²) in [5.74, 6) is 1.28. The number of benzene rings is 1. The van der Waals surface area contributed by atoms with E-state index in [1.165, 1.54) is 41.2 Å². The van der Waals surface area contributed by atoms with Crippen LogP contribution >= 0.6 is 22.7 Å². The van der Waals surface area contributed by atoms with E-state index >= 15 is 0 Å². The van der Waals surface area contributed by atoms with Gasteiger partial charge < -0.3 is 5.32 Å². The molecule has 0 spiro atoms. The van der Waals surface area contributed by atoms with E-state index in [0.717, 1.165) is 12.5 Å². The van der Waals surface area contributed by atoms with Crippen LogP contribution in [0.5, 0.6) is 0 Å². The normalized spacial score (nSPS) is 27.3. The first-order valence-electron chi connectivity index (χ1n) is 9.98. The van der Waals surface area contributed by atoms with Crippen LogP contribution < -0.4 is 5.32 Å². The van der Waals surface area contributed by atoms with E-state index in [4.69, 9.17) is 0 Å². The molecule has 1 N–H and O–H groups in total. The number of rotatable bonds is 6. The van der Waals surface area contributed by atoms with Crippen molar-refractivity contribution >= 4 is 22.7 Å². The molecule has 0 saturated carbocycles. The largest absolute Gasteiger partial charge is 0.308 e. The van der Waals surface area contributed by atoms with Crippen LogP contribution in [0.15, 0.2) is 65.4 Å². The number of hydrogen-bond acceptors (Lipinski definition) is 4. The highest BCUT2D eigenvalue weighted by Crippen LogP contribution is 2.44. The van der Waals surface area contributed by atoms with E-state index in [9.17, 15) is 0 Å². The zero-order chi connectivity index (χ0) is 18.1. The van der Waals surface area contributed by atoms with Crippen molar-refractivity contribution in [3.05, 3.63) is 80.7 Å². The Morgan fingerprint density at radius 2 is 1.56 bits per heavy atom. The molecule has 4 heteroatoms.